The first-order valence-corrected chi connectivity index (χ1v) is 8.43. The van der Waals surface area contributed by atoms with E-state index in [1.54, 1.807) is 22.7 Å². The van der Waals surface area contributed by atoms with Crippen LogP contribution in [0, 0.1) is 11.3 Å². The van der Waals surface area contributed by atoms with Crippen LogP contribution in [0.15, 0.2) is 41.8 Å². The quantitative estimate of drug-likeness (QED) is 0.613. The summed E-state index contributed by atoms with van der Waals surface area (Å²) in [6.45, 7) is 0. The summed E-state index contributed by atoms with van der Waals surface area (Å²) in [7, 11) is 0. The van der Waals surface area contributed by atoms with Crippen LogP contribution in [0.5, 0.6) is 0 Å². The Hall–Kier alpha value is -1.74. The summed E-state index contributed by atoms with van der Waals surface area (Å²) < 4.78 is 0. The number of hydrogen-bond acceptors (Lipinski definition) is 5. The molecule has 5 heteroatoms. The summed E-state index contributed by atoms with van der Waals surface area (Å²) in [6.07, 6.45) is -0.0508. The molecule has 0 amide bonds. The SMILES string of the molecule is N#CCC(=O)c1ccc(-c2ccc(-c3cccs3)s2)s1. The maximum atomic E-state index is 11.7. The van der Waals surface area contributed by atoms with E-state index in [0.29, 0.717) is 4.88 Å². The van der Waals surface area contributed by atoms with Gasteiger partial charge in [0.25, 0.3) is 0 Å². The van der Waals surface area contributed by atoms with Crippen molar-refractivity contribution in [2.75, 3.05) is 0 Å². The lowest BCUT2D eigenvalue weighted by atomic mass is 10.2. The van der Waals surface area contributed by atoms with E-state index in [9.17, 15) is 4.79 Å². The summed E-state index contributed by atoms with van der Waals surface area (Å²) >= 11 is 4.91. The zero-order valence-electron chi connectivity index (χ0n) is 10.3. The lowest BCUT2D eigenvalue weighted by Gasteiger charge is -1.91. The van der Waals surface area contributed by atoms with Crippen molar-refractivity contribution in [1.82, 2.24) is 0 Å². The van der Waals surface area contributed by atoms with Gasteiger partial charge in [-0.3, -0.25) is 4.79 Å². The number of Topliss-reactive ketones (excluding diaryl/α,β-unsaturated/α-hetero) is 1. The third-order valence-electron chi connectivity index (χ3n) is 2.73. The second-order valence-electron chi connectivity index (χ2n) is 4.06. The third kappa shape index (κ3) is 2.59. The zero-order valence-corrected chi connectivity index (χ0v) is 12.8. The predicted molar refractivity (Wildman–Crippen MR) is 85.5 cm³/mol. The van der Waals surface area contributed by atoms with Crippen LogP contribution in [0.25, 0.3) is 19.5 Å². The molecule has 0 bridgehead atoms. The molecule has 0 saturated carbocycles. The molecule has 98 valence electrons. The lowest BCUT2D eigenvalue weighted by Crippen LogP contribution is -1.91. The Morgan fingerprint density at radius 1 is 1.00 bits per heavy atom. The van der Waals surface area contributed by atoms with E-state index in [4.69, 9.17) is 5.26 Å². The molecule has 0 unspecified atom stereocenters. The van der Waals surface area contributed by atoms with E-state index in [1.165, 1.54) is 21.1 Å². The Morgan fingerprint density at radius 2 is 1.70 bits per heavy atom. The van der Waals surface area contributed by atoms with Gasteiger partial charge in [-0.05, 0) is 35.7 Å². The highest BCUT2D eigenvalue weighted by Crippen LogP contribution is 2.39. The fourth-order valence-electron chi connectivity index (χ4n) is 1.80. The molecule has 0 radical (unpaired) electrons. The fourth-order valence-corrected chi connectivity index (χ4v) is 4.68. The normalized spacial score (nSPS) is 10.3. The molecule has 0 fully saturated rings. The Bertz CT molecular complexity index is 774. The number of nitriles is 1. The predicted octanol–water partition coefficient (Wildman–Crippen LogP) is 5.30. The highest BCUT2D eigenvalue weighted by molar-refractivity contribution is 7.26. The van der Waals surface area contributed by atoms with Crippen LogP contribution in [-0.2, 0) is 0 Å². The fraction of sp³-hybridized carbons (Fsp3) is 0.0667. The summed E-state index contributed by atoms with van der Waals surface area (Å²) in [6, 6.07) is 14.0. The van der Waals surface area contributed by atoms with Crippen molar-refractivity contribution in [3.05, 3.63) is 46.7 Å². The Morgan fingerprint density at radius 3 is 2.40 bits per heavy atom. The minimum Gasteiger partial charge on any atom is -0.292 e. The standard InChI is InChI=1S/C15H9NOS3/c16-8-7-10(17)11-3-4-14(19-11)15-6-5-13(20-15)12-2-1-9-18-12/h1-6,9H,7H2. The number of ketones is 1. The molecule has 0 saturated heterocycles. The van der Waals surface area contributed by atoms with Crippen LogP contribution >= 0.6 is 34.0 Å². The van der Waals surface area contributed by atoms with Crippen molar-refractivity contribution in [1.29, 1.82) is 5.26 Å². The molecule has 0 aromatic carbocycles. The molecule has 0 atom stereocenters. The number of rotatable bonds is 4. The molecule has 20 heavy (non-hydrogen) atoms. The largest absolute Gasteiger partial charge is 0.292 e. The first kappa shape index (κ1) is 13.3. The molecular weight excluding hydrogens is 306 g/mol. The molecule has 3 heterocycles. The number of thiophene rings is 3. The Kier molecular flexibility index (Phi) is 3.79. The topological polar surface area (TPSA) is 40.9 Å². The van der Waals surface area contributed by atoms with Gasteiger partial charge in [0, 0.05) is 19.5 Å². The van der Waals surface area contributed by atoms with Crippen molar-refractivity contribution >= 4 is 39.8 Å². The zero-order chi connectivity index (χ0) is 13.9. The van der Waals surface area contributed by atoms with Gasteiger partial charge >= 0.3 is 0 Å². The van der Waals surface area contributed by atoms with Gasteiger partial charge < -0.3 is 0 Å². The highest BCUT2D eigenvalue weighted by atomic mass is 32.1. The van der Waals surface area contributed by atoms with E-state index in [1.807, 2.05) is 24.3 Å². The Labute approximate surface area is 128 Å². The molecule has 0 N–H and O–H groups in total. The molecule has 2 nitrogen and oxygen atoms in total. The van der Waals surface area contributed by atoms with Gasteiger partial charge in [-0.25, -0.2) is 0 Å². The van der Waals surface area contributed by atoms with Crippen molar-refractivity contribution in [2.45, 2.75) is 6.42 Å². The maximum absolute atomic E-state index is 11.7. The average Bonchev–Trinajstić information content (AvgIpc) is 3.19. The maximum Gasteiger partial charge on any atom is 0.186 e. The first-order valence-electron chi connectivity index (χ1n) is 5.92. The van der Waals surface area contributed by atoms with Gasteiger partial charge in [0.2, 0.25) is 0 Å². The van der Waals surface area contributed by atoms with Gasteiger partial charge in [0.15, 0.2) is 5.78 Å². The van der Waals surface area contributed by atoms with Crippen LogP contribution in [0.4, 0.5) is 0 Å². The summed E-state index contributed by atoms with van der Waals surface area (Å²) in [4.78, 5) is 17.1. The number of carbonyl (C=O) groups is 1. The minimum absolute atomic E-state index is 0.0508. The molecule has 3 aromatic heterocycles. The van der Waals surface area contributed by atoms with Gasteiger partial charge in [-0.1, -0.05) is 6.07 Å². The van der Waals surface area contributed by atoms with Crippen LogP contribution < -0.4 is 0 Å². The highest BCUT2D eigenvalue weighted by Gasteiger charge is 2.12. The van der Waals surface area contributed by atoms with E-state index < -0.39 is 0 Å². The van der Waals surface area contributed by atoms with Crippen molar-refractivity contribution in [2.24, 2.45) is 0 Å². The monoisotopic (exact) mass is 315 g/mol. The van der Waals surface area contributed by atoms with Gasteiger partial charge in [-0.15, -0.1) is 34.0 Å². The third-order valence-corrected chi connectivity index (χ3v) is 6.21. The number of carbonyl (C=O) groups excluding carboxylic acids is 1. The number of hydrogen-bond donors (Lipinski definition) is 0. The smallest absolute Gasteiger partial charge is 0.186 e. The van der Waals surface area contributed by atoms with E-state index >= 15 is 0 Å². The van der Waals surface area contributed by atoms with Crippen LogP contribution in [0.1, 0.15) is 16.1 Å². The van der Waals surface area contributed by atoms with Gasteiger partial charge in [-0.2, -0.15) is 5.26 Å². The van der Waals surface area contributed by atoms with Gasteiger partial charge in [0.05, 0.1) is 17.4 Å². The molecule has 0 spiro atoms. The van der Waals surface area contributed by atoms with Crippen molar-refractivity contribution < 1.29 is 4.79 Å². The van der Waals surface area contributed by atoms with E-state index in [0.717, 1.165) is 9.75 Å². The van der Waals surface area contributed by atoms with E-state index in [-0.39, 0.29) is 12.2 Å². The average molecular weight is 315 g/mol. The van der Waals surface area contributed by atoms with Crippen LogP contribution in [0.3, 0.4) is 0 Å². The van der Waals surface area contributed by atoms with Crippen LogP contribution in [0.2, 0.25) is 0 Å². The molecular formula is C15H9NOS3. The van der Waals surface area contributed by atoms with Crippen molar-refractivity contribution in [3.8, 4) is 25.6 Å². The molecule has 3 aromatic rings. The molecule has 0 aliphatic carbocycles. The molecule has 0 aliphatic rings. The first-order chi connectivity index (χ1) is 9.78. The minimum atomic E-state index is -0.0983. The molecule has 0 aliphatic heterocycles. The second-order valence-corrected chi connectivity index (χ2v) is 7.18. The lowest BCUT2D eigenvalue weighted by molar-refractivity contribution is 0.100. The second kappa shape index (κ2) is 5.71. The Balaban J connectivity index is 1.87. The van der Waals surface area contributed by atoms with E-state index in [2.05, 4.69) is 23.6 Å². The molecule has 3 rings (SSSR count). The number of nitrogens with zero attached hydrogens (tertiary/aromatic N) is 1. The summed E-state index contributed by atoms with van der Waals surface area (Å²) in [5.74, 6) is -0.0983. The summed E-state index contributed by atoms with van der Waals surface area (Å²) in [5, 5.41) is 10.6. The van der Waals surface area contributed by atoms with Crippen molar-refractivity contribution in [3.63, 3.8) is 0 Å². The van der Waals surface area contributed by atoms with Crippen LogP contribution in [-0.4, -0.2) is 5.78 Å². The summed E-state index contributed by atoms with van der Waals surface area (Å²) in [5.41, 5.74) is 0. The van der Waals surface area contributed by atoms with Gasteiger partial charge in [0.1, 0.15) is 0 Å².